The molecule has 0 radical (unpaired) electrons. The molecule has 3 nitrogen and oxygen atoms in total. The van der Waals surface area contributed by atoms with Crippen LogP contribution in [0.3, 0.4) is 0 Å². The zero-order chi connectivity index (χ0) is 11.5. The fourth-order valence-corrected chi connectivity index (χ4v) is 2.23. The van der Waals surface area contributed by atoms with Gasteiger partial charge in [-0.3, -0.25) is 5.41 Å². The molecule has 1 aromatic heterocycles. The minimum Gasteiger partial charge on any atom is -0.383 e. The summed E-state index contributed by atoms with van der Waals surface area (Å²) in [5, 5.41) is 8.97. The molecule has 1 heterocycles. The van der Waals surface area contributed by atoms with Crippen LogP contribution in [0.4, 0.5) is 0 Å². The topological polar surface area (TPSA) is 62.8 Å². The maximum atomic E-state index is 7.29. The van der Waals surface area contributed by atoms with Crippen molar-refractivity contribution in [1.82, 2.24) is 4.98 Å². The van der Waals surface area contributed by atoms with Crippen molar-refractivity contribution in [2.24, 2.45) is 5.73 Å². The second-order valence-electron chi connectivity index (χ2n) is 3.34. The van der Waals surface area contributed by atoms with E-state index in [-0.39, 0.29) is 5.84 Å². The van der Waals surface area contributed by atoms with Gasteiger partial charge in [0.25, 0.3) is 0 Å². The van der Waals surface area contributed by atoms with E-state index in [2.05, 4.69) is 4.98 Å². The monoisotopic (exact) mass is 251 g/mol. The van der Waals surface area contributed by atoms with Gasteiger partial charge in [-0.2, -0.15) is 0 Å². The lowest BCUT2D eigenvalue weighted by atomic mass is 10.2. The van der Waals surface area contributed by atoms with Gasteiger partial charge >= 0.3 is 0 Å². The zero-order valence-corrected chi connectivity index (χ0v) is 9.98. The van der Waals surface area contributed by atoms with Crippen LogP contribution < -0.4 is 5.73 Å². The van der Waals surface area contributed by atoms with E-state index in [4.69, 9.17) is 22.7 Å². The largest absolute Gasteiger partial charge is 0.383 e. The summed E-state index contributed by atoms with van der Waals surface area (Å²) in [5.41, 5.74) is 6.52. The van der Waals surface area contributed by atoms with E-state index in [0.717, 1.165) is 22.0 Å². The van der Waals surface area contributed by atoms with Gasteiger partial charge in [0.2, 0.25) is 0 Å². The summed E-state index contributed by atoms with van der Waals surface area (Å²) < 4.78 is 0. The molecule has 0 aliphatic rings. The number of thiazole rings is 1. The molecule has 0 aliphatic carbocycles. The predicted molar refractivity (Wildman–Crippen MR) is 67.4 cm³/mol. The van der Waals surface area contributed by atoms with E-state index >= 15 is 0 Å². The van der Waals surface area contributed by atoms with Crippen molar-refractivity contribution in [3.63, 3.8) is 0 Å². The first-order chi connectivity index (χ1) is 7.65. The maximum Gasteiger partial charge on any atom is 0.134 e. The number of nitrogen functional groups attached to an aromatic ring is 1. The molecule has 0 aliphatic heterocycles. The Balaban J connectivity index is 2.14. The van der Waals surface area contributed by atoms with Crippen molar-refractivity contribution >= 4 is 28.8 Å². The number of nitrogens with zero attached hydrogens (tertiary/aromatic N) is 1. The smallest absolute Gasteiger partial charge is 0.134 e. The molecule has 2 aromatic rings. The third-order valence-electron chi connectivity index (χ3n) is 2.09. The van der Waals surface area contributed by atoms with Crippen LogP contribution >= 0.6 is 22.9 Å². The fraction of sp³-hybridized carbons (Fsp3) is 0.0909. The van der Waals surface area contributed by atoms with E-state index < -0.39 is 0 Å². The van der Waals surface area contributed by atoms with Gasteiger partial charge < -0.3 is 5.73 Å². The van der Waals surface area contributed by atoms with Crippen molar-refractivity contribution in [1.29, 1.82) is 5.41 Å². The van der Waals surface area contributed by atoms with Crippen LogP contribution in [0.1, 0.15) is 15.4 Å². The number of aromatic nitrogens is 1. The average Bonchev–Trinajstić information content (AvgIpc) is 2.70. The van der Waals surface area contributed by atoms with E-state index in [1.54, 1.807) is 6.20 Å². The maximum absolute atomic E-state index is 7.29. The Morgan fingerprint density at radius 3 is 2.62 bits per heavy atom. The van der Waals surface area contributed by atoms with Crippen LogP contribution in [0.5, 0.6) is 0 Å². The van der Waals surface area contributed by atoms with Crippen molar-refractivity contribution in [3.8, 4) is 0 Å². The van der Waals surface area contributed by atoms with Crippen LogP contribution in [0.2, 0.25) is 5.02 Å². The molecule has 1 aromatic carbocycles. The lowest BCUT2D eigenvalue weighted by Gasteiger charge is -1.97. The summed E-state index contributed by atoms with van der Waals surface area (Å²) in [5.74, 6) is 0.0693. The summed E-state index contributed by atoms with van der Waals surface area (Å²) in [6, 6.07) is 7.65. The predicted octanol–water partition coefficient (Wildman–Crippen LogP) is 2.67. The first-order valence-corrected chi connectivity index (χ1v) is 5.88. The van der Waals surface area contributed by atoms with Gasteiger partial charge in [-0.25, -0.2) is 4.98 Å². The lowest BCUT2D eigenvalue weighted by Crippen LogP contribution is -2.08. The number of hydrogen-bond donors (Lipinski definition) is 2. The fourth-order valence-electron chi connectivity index (χ4n) is 1.29. The summed E-state index contributed by atoms with van der Waals surface area (Å²) in [6.07, 6.45) is 2.38. The highest BCUT2D eigenvalue weighted by molar-refractivity contribution is 7.13. The Hall–Kier alpha value is -1.39. The van der Waals surface area contributed by atoms with E-state index in [9.17, 15) is 0 Å². The first kappa shape index (κ1) is 11.1. The number of halogens is 1. The quantitative estimate of drug-likeness (QED) is 0.651. The minimum atomic E-state index is 0.0693. The Bertz CT molecular complexity index is 504. The molecule has 16 heavy (non-hydrogen) atoms. The molecule has 0 fully saturated rings. The molecule has 0 saturated heterocycles. The van der Waals surface area contributed by atoms with Gasteiger partial charge in [0.15, 0.2) is 0 Å². The lowest BCUT2D eigenvalue weighted by molar-refractivity contribution is 1.14. The molecule has 0 saturated carbocycles. The standard InChI is InChI=1S/C11H10ClN3S/c12-8-3-1-7(2-4-8)5-10-15-6-9(16-10)11(13)14/h1-4,6H,5H2,(H3,13,14). The van der Waals surface area contributed by atoms with Crippen LogP contribution in [0.15, 0.2) is 30.5 Å². The molecule has 0 amide bonds. The third kappa shape index (κ3) is 2.59. The SMILES string of the molecule is N=C(N)c1cnc(Cc2ccc(Cl)cc2)s1. The van der Waals surface area contributed by atoms with Crippen LogP contribution in [0.25, 0.3) is 0 Å². The number of amidine groups is 1. The molecular weight excluding hydrogens is 242 g/mol. The highest BCUT2D eigenvalue weighted by Crippen LogP contribution is 2.17. The second kappa shape index (κ2) is 4.63. The first-order valence-electron chi connectivity index (χ1n) is 4.68. The molecule has 0 unspecified atom stereocenters. The normalized spacial score (nSPS) is 10.3. The van der Waals surface area contributed by atoms with Gasteiger partial charge in [0.05, 0.1) is 9.88 Å². The Labute approximate surface area is 102 Å². The molecule has 82 valence electrons. The molecule has 0 atom stereocenters. The minimum absolute atomic E-state index is 0.0693. The van der Waals surface area contributed by atoms with E-state index in [1.807, 2.05) is 24.3 Å². The van der Waals surface area contributed by atoms with E-state index in [1.165, 1.54) is 11.3 Å². The zero-order valence-electron chi connectivity index (χ0n) is 8.40. The molecule has 0 spiro atoms. The summed E-state index contributed by atoms with van der Waals surface area (Å²) in [6.45, 7) is 0. The average molecular weight is 252 g/mol. The Morgan fingerprint density at radius 2 is 2.06 bits per heavy atom. The molecule has 0 bridgehead atoms. The van der Waals surface area contributed by atoms with Gasteiger partial charge in [-0.05, 0) is 17.7 Å². The second-order valence-corrected chi connectivity index (χ2v) is 4.89. The van der Waals surface area contributed by atoms with Crippen LogP contribution in [-0.2, 0) is 6.42 Å². The number of benzene rings is 1. The highest BCUT2D eigenvalue weighted by atomic mass is 35.5. The molecular formula is C11H10ClN3S. The van der Waals surface area contributed by atoms with Crippen LogP contribution in [0, 0.1) is 5.41 Å². The van der Waals surface area contributed by atoms with Crippen LogP contribution in [-0.4, -0.2) is 10.8 Å². The van der Waals surface area contributed by atoms with Crippen molar-refractivity contribution in [3.05, 3.63) is 50.9 Å². The number of nitrogens with one attached hydrogen (secondary N) is 1. The van der Waals surface area contributed by atoms with Gasteiger partial charge in [0, 0.05) is 17.6 Å². The van der Waals surface area contributed by atoms with E-state index in [0.29, 0.717) is 4.88 Å². The van der Waals surface area contributed by atoms with Gasteiger partial charge in [0.1, 0.15) is 5.84 Å². The summed E-state index contributed by atoms with van der Waals surface area (Å²) in [7, 11) is 0. The van der Waals surface area contributed by atoms with Crippen molar-refractivity contribution in [2.75, 3.05) is 0 Å². The summed E-state index contributed by atoms with van der Waals surface area (Å²) in [4.78, 5) is 4.93. The van der Waals surface area contributed by atoms with Gasteiger partial charge in [-0.1, -0.05) is 23.7 Å². The van der Waals surface area contributed by atoms with Crippen molar-refractivity contribution < 1.29 is 0 Å². The number of nitrogens with two attached hydrogens (primary N) is 1. The Kier molecular flexibility index (Phi) is 3.22. The number of rotatable bonds is 3. The third-order valence-corrected chi connectivity index (χ3v) is 3.37. The molecule has 2 rings (SSSR count). The van der Waals surface area contributed by atoms with Gasteiger partial charge in [-0.15, -0.1) is 11.3 Å². The summed E-state index contributed by atoms with van der Waals surface area (Å²) >= 11 is 7.25. The number of hydrogen-bond acceptors (Lipinski definition) is 3. The molecule has 3 N–H and O–H groups in total. The molecule has 5 heteroatoms. The van der Waals surface area contributed by atoms with Crippen molar-refractivity contribution in [2.45, 2.75) is 6.42 Å². The highest BCUT2D eigenvalue weighted by Gasteiger charge is 2.05. The Morgan fingerprint density at radius 1 is 1.38 bits per heavy atom.